The molecule has 0 aliphatic carbocycles. The molecule has 0 saturated heterocycles. The monoisotopic (exact) mass is 455 g/mol. The lowest BCUT2D eigenvalue weighted by Gasteiger charge is -2.29. The Kier molecular flexibility index (Phi) is 9.14. The van der Waals surface area contributed by atoms with Gasteiger partial charge in [-0.3, -0.25) is 14.4 Å². The van der Waals surface area contributed by atoms with Gasteiger partial charge >= 0.3 is 11.9 Å². The van der Waals surface area contributed by atoms with E-state index in [0.717, 1.165) is 11.1 Å². The van der Waals surface area contributed by atoms with Gasteiger partial charge in [-0.25, -0.2) is 4.98 Å². The van der Waals surface area contributed by atoms with Crippen molar-refractivity contribution < 1.29 is 28.6 Å². The molecule has 0 fully saturated rings. The normalized spacial score (nSPS) is 13.7. The van der Waals surface area contributed by atoms with Gasteiger partial charge in [0.2, 0.25) is 5.75 Å². The second-order valence-corrected chi connectivity index (χ2v) is 8.58. The lowest BCUT2D eigenvalue weighted by molar-refractivity contribution is -0.154. The summed E-state index contributed by atoms with van der Waals surface area (Å²) in [5.41, 5.74) is 2.23. The Morgan fingerprint density at radius 2 is 1.70 bits per heavy atom. The van der Waals surface area contributed by atoms with E-state index >= 15 is 0 Å². The number of methoxy groups -OCH3 is 1. The number of Topliss-reactive ketones (excluding diaryl/α,β-unsaturated/α-hetero) is 1. The predicted molar refractivity (Wildman–Crippen MR) is 125 cm³/mol. The molecule has 33 heavy (non-hydrogen) atoms. The average molecular weight is 456 g/mol. The van der Waals surface area contributed by atoms with Crippen molar-refractivity contribution in [3.63, 3.8) is 0 Å². The van der Waals surface area contributed by atoms with Crippen LogP contribution >= 0.6 is 0 Å². The Hall–Kier alpha value is -3.22. The van der Waals surface area contributed by atoms with Gasteiger partial charge < -0.3 is 14.2 Å². The topological polar surface area (TPSA) is 91.8 Å². The fraction of sp³-hybridized carbons (Fsp3) is 0.462. The highest BCUT2D eigenvalue weighted by molar-refractivity contribution is 5.99. The number of hydrogen-bond donors (Lipinski definition) is 0. The number of aromatic nitrogens is 1. The molecular weight excluding hydrogens is 422 g/mol. The smallest absolute Gasteiger partial charge is 0.309 e. The summed E-state index contributed by atoms with van der Waals surface area (Å²) in [5.74, 6) is -1.79. The van der Waals surface area contributed by atoms with E-state index in [1.54, 1.807) is 6.92 Å². The van der Waals surface area contributed by atoms with Gasteiger partial charge in [-0.1, -0.05) is 45.0 Å². The second-order valence-electron chi connectivity index (χ2n) is 8.58. The van der Waals surface area contributed by atoms with Crippen molar-refractivity contribution in [1.29, 1.82) is 0 Å². The summed E-state index contributed by atoms with van der Waals surface area (Å²) < 4.78 is 16.1. The number of nitrogens with zero attached hydrogens (tertiary/aromatic N) is 1. The van der Waals surface area contributed by atoms with Gasteiger partial charge in [-0.05, 0) is 30.9 Å². The summed E-state index contributed by atoms with van der Waals surface area (Å²) in [5, 5.41) is 0. The van der Waals surface area contributed by atoms with Crippen molar-refractivity contribution in [1.82, 2.24) is 4.98 Å². The maximum Gasteiger partial charge on any atom is 0.309 e. The van der Waals surface area contributed by atoms with E-state index in [2.05, 4.69) is 24.9 Å². The molecule has 0 unspecified atom stereocenters. The number of ketones is 1. The van der Waals surface area contributed by atoms with Crippen LogP contribution < -0.4 is 9.47 Å². The van der Waals surface area contributed by atoms with Crippen molar-refractivity contribution >= 4 is 17.7 Å². The van der Waals surface area contributed by atoms with Crippen LogP contribution in [0.2, 0.25) is 0 Å². The number of carbonyl (C=O) groups is 3. The number of ether oxygens (including phenoxy) is 3. The SMILES string of the molecule is COc1ccnc(C(=O)C[C@@H](C)C(=O)O[C@@H](C)[C@H](c2ccccc2C)C(C)C)c1OC(C)=O. The van der Waals surface area contributed by atoms with Gasteiger partial charge in [0.25, 0.3) is 0 Å². The maximum atomic E-state index is 12.9. The highest BCUT2D eigenvalue weighted by atomic mass is 16.6. The van der Waals surface area contributed by atoms with E-state index in [1.165, 1.54) is 26.3 Å². The Balaban J connectivity index is 2.15. The molecule has 7 heteroatoms. The molecule has 1 aromatic carbocycles. The molecule has 2 rings (SSSR count). The van der Waals surface area contributed by atoms with Gasteiger partial charge in [-0.2, -0.15) is 0 Å². The quantitative estimate of drug-likeness (QED) is 0.371. The summed E-state index contributed by atoms with van der Waals surface area (Å²) in [6, 6.07) is 9.56. The third-order valence-corrected chi connectivity index (χ3v) is 5.57. The molecule has 0 radical (unpaired) electrons. The first-order valence-corrected chi connectivity index (χ1v) is 11.1. The molecule has 3 atom stereocenters. The third kappa shape index (κ3) is 6.63. The largest absolute Gasteiger partial charge is 0.493 e. The van der Waals surface area contributed by atoms with Gasteiger partial charge in [0, 0.05) is 31.5 Å². The number of rotatable bonds is 10. The summed E-state index contributed by atoms with van der Waals surface area (Å²) >= 11 is 0. The van der Waals surface area contributed by atoms with Crippen LogP contribution in [-0.2, 0) is 14.3 Å². The number of esters is 2. The summed E-state index contributed by atoms with van der Waals surface area (Å²) in [7, 11) is 1.40. The molecular formula is C26H33NO6. The Bertz CT molecular complexity index is 1000. The van der Waals surface area contributed by atoms with Crippen LogP contribution in [0.4, 0.5) is 0 Å². The zero-order valence-electron chi connectivity index (χ0n) is 20.4. The summed E-state index contributed by atoms with van der Waals surface area (Å²) in [4.78, 5) is 41.3. The van der Waals surface area contributed by atoms with Gasteiger partial charge in [0.05, 0.1) is 13.0 Å². The number of aryl methyl sites for hydroxylation is 1. The fourth-order valence-electron chi connectivity index (χ4n) is 3.98. The highest BCUT2D eigenvalue weighted by Gasteiger charge is 2.30. The molecule has 1 heterocycles. The first-order valence-electron chi connectivity index (χ1n) is 11.1. The van der Waals surface area contributed by atoms with Crippen molar-refractivity contribution in [3.8, 4) is 11.5 Å². The zero-order valence-corrected chi connectivity index (χ0v) is 20.4. The summed E-state index contributed by atoms with van der Waals surface area (Å²) in [6.07, 6.45) is 0.874. The van der Waals surface area contributed by atoms with Gasteiger partial charge in [0.15, 0.2) is 17.2 Å². The Morgan fingerprint density at radius 1 is 1.03 bits per heavy atom. The van der Waals surface area contributed by atoms with E-state index in [0.29, 0.717) is 0 Å². The molecule has 0 spiro atoms. The molecule has 0 saturated carbocycles. The minimum absolute atomic E-state index is 0.0219. The third-order valence-electron chi connectivity index (χ3n) is 5.57. The molecule has 7 nitrogen and oxygen atoms in total. The van der Waals surface area contributed by atoms with Crippen LogP contribution in [0.1, 0.15) is 68.6 Å². The molecule has 0 aliphatic rings. The van der Waals surface area contributed by atoms with Crippen LogP contribution in [0.5, 0.6) is 11.5 Å². The molecule has 2 aromatic rings. The minimum atomic E-state index is -0.706. The van der Waals surface area contributed by atoms with Crippen molar-refractivity contribution in [2.75, 3.05) is 7.11 Å². The lowest BCUT2D eigenvalue weighted by Crippen LogP contribution is -2.30. The fourth-order valence-corrected chi connectivity index (χ4v) is 3.98. The molecule has 0 N–H and O–H groups in total. The molecule has 178 valence electrons. The van der Waals surface area contributed by atoms with Gasteiger partial charge in [0.1, 0.15) is 6.10 Å². The Labute approximate surface area is 195 Å². The molecule has 0 bridgehead atoms. The molecule has 0 aliphatic heterocycles. The van der Waals surface area contributed by atoms with Crippen LogP contribution in [0.3, 0.4) is 0 Å². The number of hydrogen-bond acceptors (Lipinski definition) is 7. The first-order chi connectivity index (χ1) is 15.6. The van der Waals surface area contributed by atoms with Crippen LogP contribution in [0.25, 0.3) is 0 Å². The second kappa shape index (κ2) is 11.6. The number of benzene rings is 1. The molecule has 0 amide bonds. The van der Waals surface area contributed by atoms with Crippen LogP contribution in [-0.4, -0.2) is 35.9 Å². The van der Waals surface area contributed by atoms with E-state index in [9.17, 15) is 14.4 Å². The van der Waals surface area contributed by atoms with E-state index in [4.69, 9.17) is 14.2 Å². The lowest BCUT2D eigenvalue weighted by atomic mass is 9.82. The van der Waals surface area contributed by atoms with E-state index < -0.39 is 23.6 Å². The van der Waals surface area contributed by atoms with Crippen LogP contribution in [0, 0.1) is 18.8 Å². The average Bonchev–Trinajstić information content (AvgIpc) is 2.74. The van der Waals surface area contributed by atoms with Crippen molar-refractivity contribution in [3.05, 3.63) is 53.3 Å². The number of pyridine rings is 1. The predicted octanol–water partition coefficient (Wildman–Crippen LogP) is 4.90. The van der Waals surface area contributed by atoms with E-state index in [1.807, 2.05) is 32.0 Å². The van der Waals surface area contributed by atoms with Gasteiger partial charge in [-0.15, -0.1) is 0 Å². The van der Waals surface area contributed by atoms with Crippen LogP contribution in [0.15, 0.2) is 36.5 Å². The van der Waals surface area contributed by atoms with Crippen molar-refractivity contribution in [2.24, 2.45) is 11.8 Å². The maximum absolute atomic E-state index is 12.9. The van der Waals surface area contributed by atoms with Crippen molar-refractivity contribution in [2.45, 2.75) is 60.0 Å². The minimum Gasteiger partial charge on any atom is -0.493 e. The zero-order chi connectivity index (χ0) is 24.7. The van der Waals surface area contributed by atoms with E-state index in [-0.39, 0.29) is 41.6 Å². The first kappa shape index (κ1) is 26.0. The standard InChI is InChI=1S/C26H33NO6/c1-15(2)23(20-11-9-8-10-16(20)3)18(5)32-26(30)17(4)14-21(29)24-25(33-19(6)28)22(31-7)12-13-27-24/h8-13,15,17-18,23H,14H2,1-7H3/t17-,18+,23-/m1/s1. The highest BCUT2D eigenvalue weighted by Crippen LogP contribution is 2.33. The summed E-state index contributed by atoms with van der Waals surface area (Å²) in [6.45, 7) is 11.0. The number of carbonyl (C=O) groups excluding carboxylic acids is 3. The Morgan fingerprint density at radius 3 is 2.27 bits per heavy atom. The molecule has 1 aromatic heterocycles.